The lowest BCUT2D eigenvalue weighted by Crippen LogP contribution is -2.37. The highest BCUT2D eigenvalue weighted by Crippen LogP contribution is 2.41. The summed E-state index contributed by atoms with van der Waals surface area (Å²) in [7, 11) is -2.02. The average molecular weight is 666 g/mol. The Morgan fingerprint density at radius 1 is 1.07 bits per heavy atom. The van der Waals surface area contributed by atoms with Gasteiger partial charge in [-0.1, -0.05) is 17.7 Å². The number of rotatable bonds is 7. The lowest BCUT2D eigenvalue weighted by atomic mass is 9.97. The molecule has 2 heterocycles. The van der Waals surface area contributed by atoms with Gasteiger partial charge < -0.3 is 15.0 Å². The van der Waals surface area contributed by atoms with Crippen molar-refractivity contribution in [3.8, 4) is 11.1 Å². The van der Waals surface area contributed by atoms with E-state index in [2.05, 4.69) is 32.0 Å². The molecule has 1 aliphatic carbocycles. The van der Waals surface area contributed by atoms with Crippen molar-refractivity contribution in [2.24, 2.45) is 5.41 Å². The molecule has 2 N–H and O–H groups in total. The van der Waals surface area contributed by atoms with E-state index in [1.807, 2.05) is 0 Å². The summed E-state index contributed by atoms with van der Waals surface area (Å²) in [5.74, 6) is -0.323. The molecule has 2 aliphatic rings. The Kier molecular flexibility index (Phi) is 8.69. The summed E-state index contributed by atoms with van der Waals surface area (Å²) >= 11 is 6.37. The van der Waals surface area contributed by atoms with Gasteiger partial charge in [-0.25, -0.2) is 22.8 Å². The van der Waals surface area contributed by atoms with Crippen LogP contribution in [0.15, 0.2) is 59.6 Å². The van der Waals surface area contributed by atoms with Crippen molar-refractivity contribution >= 4 is 50.1 Å². The molecule has 9 nitrogen and oxygen atoms in total. The minimum Gasteiger partial charge on any atom is -0.457 e. The first-order valence-electron chi connectivity index (χ1n) is 15.3. The van der Waals surface area contributed by atoms with Crippen LogP contribution in [0.2, 0.25) is 5.02 Å². The number of benzene rings is 3. The Morgan fingerprint density at radius 3 is 2.57 bits per heavy atom. The van der Waals surface area contributed by atoms with E-state index in [4.69, 9.17) is 16.3 Å². The Morgan fingerprint density at radius 2 is 1.83 bits per heavy atom. The Balaban J connectivity index is 1.24. The molecule has 0 spiro atoms. The molecule has 0 amide bonds. The normalized spacial score (nSPS) is 17.6. The fraction of sp³-hybridized carbons (Fsp3) is 0.382. The van der Waals surface area contributed by atoms with Gasteiger partial charge in [-0.05, 0) is 126 Å². The molecule has 1 aromatic heterocycles. The fourth-order valence-electron chi connectivity index (χ4n) is 5.91. The smallest absolute Gasteiger partial charge is 0.311 e. The molecule has 6 rings (SSSR count). The SMILES string of the molecule is CN1CCC(Nc2ncc3cc(-c4cc(NS(=O)(=O)c5cc(Cl)cc6c5CC[C@H]6OC(=O)C(C)(C)C)ccc4F)ccc3n2)CC1. The number of nitrogens with zero attached hydrogens (tertiary/aromatic N) is 3. The molecule has 0 unspecified atom stereocenters. The summed E-state index contributed by atoms with van der Waals surface area (Å²) in [5, 5.41) is 4.36. The number of nitrogens with one attached hydrogen (secondary N) is 2. The average Bonchev–Trinajstić information content (AvgIpc) is 3.40. The van der Waals surface area contributed by atoms with Gasteiger partial charge in [-0.3, -0.25) is 9.52 Å². The summed E-state index contributed by atoms with van der Waals surface area (Å²) in [5.41, 5.74) is 2.10. The number of hydrogen-bond acceptors (Lipinski definition) is 8. The second-order valence-corrected chi connectivity index (χ2v) is 15.2. The van der Waals surface area contributed by atoms with Gasteiger partial charge in [0.2, 0.25) is 5.95 Å². The molecule has 1 fully saturated rings. The first kappa shape index (κ1) is 32.2. The number of anilines is 2. The molecule has 4 aromatic rings. The molecule has 0 saturated carbocycles. The maximum Gasteiger partial charge on any atom is 0.311 e. The predicted octanol–water partition coefficient (Wildman–Crippen LogP) is 6.97. The Hall–Kier alpha value is -3.80. The zero-order valence-electron chi connectivity index (χ0n) is 26.2. The van der Waals surface area contributed by atoms with Gasteiger partial charge in [0, 0.05) is 33.9 Å². The molecular formula is C34H37ClFN5O4S. The van der Waals surface area contributed by atoms with Crippen LogP contribution in [0, 0.1) is 11.2 Å². The molecule has 3 aromatic carbocycles. The quantitative estimate of drug-likeness (QED) is 0.204. The van der Waals surface area contributed by atoms with Crippen LogP contribution in [0.25, 0.3) is 22.0 Å². The number of esters is 1. The lowest BCUT2D eigenvalue weighted by molar-refractivity contribution is -0.158. The Bertz CT molecular complexity index is 1920. The van der Waals surface area contributed by atoms with Gasteiger partial charge in [0.05, 0.1) is 15.8 Å². The predicted molar refractivity (Wildman–Crippen MR) is 178 cm³/mol. The van der Waals surface area contributed by atoms with E-state index in [1.54, 1.807) is 51.2 Å². The molecule has 1 aliphatic heterocycles. The van der Waals surface area contributed by atoms with Crippen molar-refractivity contribution in [3.05, 3.63) is 76.7 Å². The van der Waals surface area contributed by atoms with E-state index in [-0.39, 0.29) is 27.1 Å². The summed E-state index contributed by atoms with van der Waals surface area (Å²) in [6.07, 6.45) is 3.99. The topological polar surface area (TPSA) is 114 Å². The summed E-state index contributed by atoms with van der Waals surface area (Å²) < 4.78 is 50.9. The van der Waals surface area contributed by atoms with Crippen LogP contribution >= 0.6 is 11.6 Å². The third-order valence-electron chi connectivity index (χ3n) is 8.52. The number of ether oxygens (including phenoxy) is 1. The van der Waals surface area contributed by atoms with Crippen LogP contribution in [0.1, 0.15) is 57.3 Å². The van der Waals surface area contributed by atoms with E-state index >= 15 is 4.39 Å². The highest BCUT2D eigenvalue weighted by Gasteiger charge is 2.35. The van der Waals surface area contributed by atoms with Crippen LogP contribution < -0.4 is 10.0 Å². The maximum absolute atomic E-state index is 15.1. The van der Waals surface area contributed by atoms with Crippen molar-refractivity contribution < 1.29 is 22.3 Å². The number of sulfonamides is 1. The minimum absolute atomic E-state index is 0.00250. The van der Waals surface area contributed by atoms with Gasteiger partial charge >= 0.3 is 5.97 Å². The van der Waals surface area contributed by atoms with Crippen LogP contribution in [0.5, 0.6) is 0 Å². The minimum atomic E-state index is -4.14. The highest BCUT2D eigenvalue weighted by atomic mass is 35.5. The highest BCUT2D eigenvalue weighted by molar-refractivity contribution is 7.92. The van der Waals surface area contributed by atoms with E-state index in [0.29, 0.717) is 47.0 Å². The number of fused-ring (bicyclic) bond motifs is 2. The van der Waals surface area contributed by atoms with Crippen molar-refractivity contribution in [3.63, 3.8) is 0 Å². The largest absolute Gasteiger partial charge is 0.457 e. The first-order chi connectivity index (χ1) is 21.8. The van der Waals surface area contributed by atoms with Crippen LogP contribution in [0.4, 0.5) is 16.0 Å². The number of piperidine rings is 1. The monoisotopic (exact) mass is 665 g/mol. The van der Waals surface area contributed by atoms with Crippen LogP contribution in [-0.4, -0.2) is 55.4 Å². The number of carbonyl (C=O) groups excluding carboxylic acids is 1. The number of aromatic nitrogens is 2. The van der Waals surface area contributed by atoms with Crippen molar-refractivity contribution in [1.82, 2.24) is 14.9 Å². The zero-order chi connectivity index (χ0) is 32.8. The van der Waals surface area contributed by atoms with E-state index in [0.717, 1.165) is 31.3 Å². The van der Waals surface area contributed by atoms with E-state index in [9.17, 15) is 13.2 Å². The van der Waals surface area contributed by atoms with Crippen LogP contribution in [-0.2, 0) is 26.0 Å². The third-order valence-corrected chi connectivity index (χ3v) is 10.2. The third kappa shape index (κ3) is 6.82. The van der Waals surface area contributed by atoms with Gasteiger partial charge in [0.25, 0.3) is 10.0 Å². The molecule has 0 radical (unpaired) electrons. The number of halogens is 2. The molecule has 1 saturated heterocycles. The second kappa shape index (κ2) is 12.4. The van der Waals surface area contributed by atoms with Crippen molar-refractivity contribution in [2.45, 2.75) is 63.5 Å². The number of hydrogen-bond donors (Lipinski definition) is 2. The van der Waals surface area contributed by atoms with Crippen molar-refractivity contribution in [1.29, 1.82) is 0 Å². The lowest BCUT2D eigenvalue weighted by Gasteiger charge is -2.29. The molecule has 1 atom stereocenters. The molecule has 12 heteroatoms. The van der Waals surface area contributed by atoms with Gasteiger partial charge in [-0.15, -0.1) is 0 Å². The fourth-order valence-corrected chi connectivity index (χ4v) is 7.58. The van der Waals surface area contributed by atoms with Gasteiger partial charge in [0.15, 0.2) is 0 Å². The van der Waals surface area contributed by atoms with Gasteiger partial charge in [0.1, 0.15) is 11.9 Å². The maximum atomic E-state index is 15.1. The number of carbonyl (C=O) groups is 1. The van der Waals surface area contributed by atoms with E-state index in [1.165, 1.54) is 24.3 Å². The molecule has 46 heavy (non-hydrogen) atoms. The summed E-state index contributed by atoms with van der Waals surface area (Å²) in [6.45, 7) is 7.32. The molecular weight excluding hydrogens is 629 g/mol. The zero-order valence-corrected chi connectivity index (χ0v) is 27.8. The Labute approximate surface area is 273 Å². The molecule has 242 valence electrons. The second-order valence-electron chi connectivity index (χ2n) is 13.1. The summed E-state index contributed by atoms with van der Waals surface area (Å²) in [6, 6.07) is 12.8. The van der Waals surface area contributed by atoms with Crippen molar-refractivity contribution in [2.75, 3.05) is 30.2 Å². The first-order valence-corrected chi connectivity index (χ1v) is 17.2. The standard InChI is InChI=1S/C34H37ClFN5O4S/c1-34(2,3)32(42)45-30-10-7-25-27(30)16-22(35)17-31(25)46(43,44)40-24-6-8-28(36)26(18-24)20-5-9-29-21(15-20)19-37-33(39-29)38-23-11-13-41(4)14-12-23/h5-6,8-9,15-19,23,30,40H,7,10-14H2,1-4H3,(H,37,38,39)/t30-/m1/s1. The number of likely N-dealkylation sites (tertiary alicyclic amines) is 1. The van der Waals surface area contributed by atoms with Crippen LogP contribution in [0.3, 0.4) is 0 Å². The van der Waals surface area contributed by atoms with E-state index < -0.39 is 27.4 Å². The summed E-state index contributed by atoms with van der Waals surface area (Å²) in [4.78, 5) is 24.0. The molecule has 0 bridgehead atoms. The van der Waals surface area contributed by atoms with Gasteiger partial charge in [-0.2, -0.15) is 0 Å².